The Hall–Kier alpha value is -1.43. The van der Waals surface area contributed by atoms with Gasteiger partial charge in [-0.05, 0) is 35.0 Å². The summed E-state index contributed by atoms with van der Waals surface area (Å²) in [4.78, 5) is 28.3. The van der Waals surface area contributed by atoms with Gasteiger partial charge >= 0.3 is 5.97 Å². The van der Waals surface area contributed by atoms with Crippen molar-refractivity contribution < 1.29 is 14.3 Å². The Morgan fingerprint density at radius 3 is 2.52 bits per heavy atom. The molecular weight excluding hydrogens is 336 g/mol. The van der Waals surface area contributed by atoms with E-state index in [9.17, 15) is 9.59 Å². The van der Waals surface area contributed by atoms with Gasteiger partial charge in [-0.2, -0.15) is 0 Å². The predicted octanol–water partition coefficient (Wildman–Crippen LogP) is 3.19. The number of carbonyl (C=O) groups is 2. The molecule has 0 saturated heterocycles. The van der Waals surface area contributed by atoms with Gasteiger partial charge in [0.05, 0.1) is 6.61 Å². The van der Waals surface area contributed by atoms with Gasteiger partial charge in [0.25, 0.3) is 0 Å². The lowest BCUT2D eigenvalue weighted by Gasteiger charge is -2.22. The SMILES string of the molecule is CCOC(=O)C(CC(=O)C(C)(C)C)Nc1ccc(Br)cn1. The Balaban J connectivity index is 2.84. The van der Waals surface area contributed by atoms with Gasteiger partial charge in [-0.15, -0.1) is 0 Å². The van der Waals surface area contributed by atoms with Crippen molar-refractivity contribution in [3.8, 4) is 0 Å². The van der Waals surface area contributed by atoms with Crippen LogP contribution in [0.1, 0.15) is 34.1 Å². The zero-order chi connectivity index (χ0) is 16.0. The van der Waals surface area contributed by atoms with Crippen LogP contribution in [-0.2, 0) is 14.3 Å². The smallest absolute Gasteiger partial charge is 0.329 e. The van der Waals surface area contributed by atoms with Crippen LogP contribution in [0.25, 0.3) is 0 Å². The van der Waals surface area contributed by atoms with Crippen LogP contribution < -0.4 is 5.32 Å². The van der Waals surface area contributed by atoms with E-state index in [-0.39, 0.29) is 18.8 Å². The molecule has 1 aromatic heterocycles. The standard InChI is InChI=1S/C15H21BrN2O3/c1-5-21-14(20)11(8-12(19)15(2,3)4)18-13-7-6-10(16)9-17-13/h6-7,9,11H,5,8H2,1-4H3,(H,17,18). The van der Waals surface area contributed by atoms with Crippen LogP contribution in [0.5, 0.6) is 0 Å². The van der Waals surface area contributed by atoms with Gasteiger partial charge in [-0.3, -0.25) is 4.79 Å². The molecule has 1 N–H and O–H groups in total. The Morgan fingerprint density at radius 1 is 1.38 bits per heavy atom. The van der Waals surface area contributed by atoms with Gasteiger partial charge in [0, 0.05) is 22.5 Å². The summed E-state index contributed by atoms with van der Waals surface area (Å²) in [6.45, 7) is 7.49. The maximum atomic E-state index is 12.2. The molecule has 0 bridgehead atoms. The Morgan fingerprint density at radius 2 is 2.05 bits per heavy atom. The molecular formula is C15H21BrN2O3. The topological polar surface area (TPSA) is 68.3 Å². The van der Waals surface area contributed by atoms with Crippen LogP contribution in [0.3, 0.4) is 0 Å². The number of carbonyl (C=O) groups excluding carboxylic acids is 2. The van der Waals surface area contributed by atoms with Crippen LogP contribution >= 0.6 is 15.9 Å². The highest BCUT2D eigenvalue weighted by molar-refractivity contribution is 9.10. The number of nitrogens with zero attached hydrogens (tertiary/aromatic N) is 1. The van der Waals surface area contributed by atoms with E-state index in [2.05, 4.69) is 26.2 Å². The van der Waals surface area contributed by atoms with Gasteiger partial charge in [-0.1, -0.05) is 20.8 Å². The molecule has 0 aliphatic heterocycles. The van der Waals surface area contributed by atoms with E-state index in [1.165, 1.54) is 0 Å². The lowest BCUT2D eigenvalue weighted by Crippen LogP contribution is -2.37. The lowest BCUT2D eigenvalue weighted by atomic mass is 9.87. The largest absolute Gasteiger partial charge is 0.464 e. The summed E-state index contributed by atoms with van der Waals surface area (Å²) in [6.07, 6.45) is 1.69. The van der Waals surface area contributed by atoms with Gasteiger partial charge in [-0.25, -0.2) is 9.78 Å². The predicted molar refractivity (Wildman–Crippen MR) is 85.1 cm³/mol. The molecule has 1 atom stereocenters. The van der Waals surface area contributed by atoms with E-state index in [0.29, 0.717) is 5.82 Å². The summed E-state index contributed by atoms with van der Waals surface area (Å²) in [5, 5.41) is 2.97. The Bertz CT molecular complexity index is 495. The van der Waals surface area contributed by atoms with E-state index in [4.69, 9.17) is 4.74 Å². The van der Waals surface area contributed by atoms with Crippen molar-refractivity contribution in [1.29, 1.82) is 0 Å². The Kier molecular flexibility index (Phi) is 6.33. The van der Waals surface area contributed by atoms with E-state index in [0.717, 1.165) is 4.47 Å². The highest BCUT2D eigenvalue weighted by Gasteiger charge is 2.29. The summed E-state index contributed by atoms with van der Waals surface area (Å²) in [5.74, 6) is 0.0722. The van der Waals surface area contributed by atoms with Crippen LogP contribution in [-0.4, -0.2) is 29.4 Å². The van der Waals surface area contributed by atoms with Crippen molar-refractivity contribution in [2.24, 2.45) is 5.41 Å². The number of hydrogen-bond acceptors (Lipinski definition) is 5. The van der Waals surface area contributed by atoms with Gasteiger partial charge in [0.2, 0.25) is 0 Å². The number of ether oxygens (including phenoxy) is 1. The van der Waals surface area contributed by atoms with Crippen LogP contribution in [0, 0.1) is 5.41 Å². The highest BCUT2D eigenvalue weighted by atomic mass is 79.9. The summed E-state index contributed by atoms with van der Waals surface area (Å²) >= 11 is 3.30. The first-order valence-electron chi connectivity index (χ1n) is 6.82. The average Bonchev–Trinajstić information content (AvgIpc) is 2.39. The summed E-state index contributed by atoms with van der Waals surface area (Å²) < 4.78 is 5.86. The number of nitrogens with one attached hydrogen (secondary N) is 1. The van der Waals surface area contributed by atoms with Gasteiger partial charge < -0.3 is 10.1 Å². The second-order valence-corrected chi connectivity index (χ2v) is 6.60. The van der Waals surface area contributed by atoms with Crippen molar-refractivity contribution in [2.45, 2.75) is 40.2 Å². The van der Waals surface area contributed by atoms with E-state index >= 15 is 0 Å². The van der Waals surface area contributed by atoms with E-state index in [1.807, 2.05) is 26.8 Å². The average molecular weight is 357 g/mol. The molecule has 1 aromatic rings. The molecule has 0 spiro atoms. The fourth-order valence-corrected chi connectivity index (χ4v) is 1.80. The zero-order valence-corrected chi connectivity index (χ0v) is 14.4. The molecule has 21 heavy (non-hydrogen) atoms. The first-order valence-corrected chi connectivity index (χ1v) is 7.61. The monoisotopic (exact) mass is 356 g/mol. The minimum Gasteiger partial charge on any atom is -0.464 e. The number of pyridine rings is 1. The number of aromatic nitrogens is 1. The van der Waals surface area contributed by atoms with Gasteiger partial charge in [0.1, 0.15) is 17.6 Å². The third kappa shape index (κ3) is 5.83. The molecule has 0 aliphatic carbocycles. The molecule has 0 fully saturated rings. The van der Waals surface area contributed by atoms with E-state index in [1.54, 1.807) is 19.2 Å². The molecule has 0 saturated carbocycles. The third-order valence-electron chi connectivity index (χ3n) is 2.85. The molecule has 0 radical (unpaired) electrons. The fraction of sp³-hybridized carbons (Fsp3) is 0.533. The molecule has 1 rings (SSSR count). The second-order valence-electron chi connectivity index (χ2n) is 5.69. The summed E-state index contributed by atoms with van der Waals surface area (Å²) in [7, 11) is 0. The molecule has 6 heteroatoms. The minimum atomic E-state index is -0.731. The lowest BCUT2D eigenvalue weighted by molar-refractivity contribution is -0.146. The number of hydrogen-bond donors (Lipinski definition) is 1. The summed E-state index contributed by atoms with van der Waals surface area (Å²) in [6, 6.07) is 2.81. The highest BCUT2D eigenvalue weighted by Crippen LogP contribution is 2.20. The van der Waals surface area contributed by atoms with E-state index < -0.39 is 17.4 Å². The maximum Gasteiger partial charge on any atom is 0.329 e. The third-order valence-corrected chi connectivity index (χ3v) is 3.32. The molecule has 0 aromatic carbocycles. The number of halogens is 1. The summed E-state index contributed by atoms with van der Waals surface area (Å²) in [5.41, 5.74) is -0.500. The Labute approximate surface area is 133 Å². The normalized spacial score (nSPS) is 12.6. The number of Topliss-reactive ketones (excluding diaryl/α,β-unsaturated/α-hetero) is 1. The van der Waals surface area contributed by atoms with Gasteiger partial charge in [0.15, 0.2) is 0 Å². The zero-order valence-electron chi connectivity index (χ0n) is 12.8. The van der Waals surface area contributed by atoms with Crippen LogP contribution in [0.2, 0.25) is 0 Å². The number of ketones is 1. The number of esters is 1. The van der Waals surface area contributed by atoms with Crippen molar-refractivity contribution in [1.82, 2.24) is 4.98 Å². The molecule has 0 amide bonds. The number of rotatable bonds is 6. The number of anilines is 1. The molecule has 1 heterocycles. The first kappa shape index (κ1) is 17.6. The minimum absolute atomic E-state index is 0.00911. The van der Waals surface area contributed by atoms with Crippen molar-refractivity contribution in [2.75, 3.05) is 11.9 Å². The van der Waals surface area contributed by atoms with Crippen LogP contribution in [0.15, 0.2) is 22.8 Å². The quantitative estimate of drug-likeness (QED) is 0.792. The first-order chi connectivity index (χ1) is 9.74. The van der Waals surface area contributed by atoms with Crippen molar-refractivity contribution in [3.63, 3.8) is 0 Å². The maximum absolute atomic E-state index is 12.2. The fourth-order valence-electron chi connectivity index (χ4n) is 1.57. The molecule has 116 valence electrons. The van der Waals surface area contributed by atoms with Crippen molar-refractivity contribution in [3.05, 3.63) is 22.8 Å². The van der Waals surface area contributed by atoms with Crippen molar-refractivity contribution >= 4 is 33.5 Å². The molecule has 5 nitrogen and oxygen atoms in total. The second kappa shape index (κ2) is 7.54. The van der Waals surface area contributed by atoms with Crippen LogP contribution in [0.4, 0.5) is 5.82 Å². The molecule has 0 aliphatic rings. The molecule has 1 unspecified atom stereocenters.